The standard InChI is InChI=1S/C21H32F2N2O/c1-8-21(6,7)25(15(3)4)16(5)13-19(24-9-2)26-14-17-11-10-12-18(22)20(17)23/h10-13,15H,8-9,14H2,1-7H3/b16-13+,24-19+. The summed E-state index contributed by atoms with van der Waals surface area (Å²) in [6.07, 6.45) is 2.87. The van der Waals surface area contributed by atoms with Gasteiger partial charge < -0.3 is 9.64 Å². The van der Waals surface area contributed by atoms with Crippen LogP contribution in [0.2, 0.25) is 0 Å². The lowest BCUT2D eigenvalue weighted by molar-refractivity contribution is 0.124. The molecule has 1 aromatic carbocycles. The Morgan fingerprint density at radius 3 is 2.46 bits per heavy atom. The lowest BCUT2D eigenvalue weighted by Crippen LogP contribution is -2.46. The number of benzene rings is 1. The second kappa shape index (κ2) is 9.70. The van der Waals surface area contributed by atoms with Crippen molar-refractivity contribution in [2.75, 3.05) is 6.54 Å². The minimum Gasteiger partial charge on any atom is -0.473 e. The average Bonchev–Trinajstić information content (AvgIpc) is 2.55. The lowest BCUT2D eigenvalue weighted by Gasteiger charge is -2.43. The van der Waals surface area contributed by atoms with Crippen molar-refractivity contribution >= 4 is 5.90 Å². The number of allylic oxidation sites excluding steroid dienone is 1. The van der Waals surface area contributed by atoms with E-state index in [1.807, 2.05) is 19.9 Å². The third-order valence-electron chi connectivity index (χ3n) is 4.47. The van der Waals surface area contributed by atoms with Crippen molar-refractivity contribution in [1.29, 1.82) is 0 Å². The van der Waals surface area contributed by atoms with E-state index in [1.54, 1.807) is 0 Å². The summed E-state index contributed by atoms with van der Waals surface area (Å²) in [7, 11) is 0. The van der Waals surface area contributed by atoms with Crippen LogP contribution in [-0.4, -0.2) is 28.9 Å². The van der Waals surface area contributed by atoms with E-state index in [0.29, 0.717) is 18.5 Å². The molecule has 0 saturated carbocycles. The summed E-state index contributed by atoms with van der Waals surface area (Å²) in [5.41, 5.74) is 1.19. The Hall–Kier alpha value is -1.91. The fraction of sp³-hybridized carbons (Fsp3) is 0.571. The fourth-order valence-corrected chi connectivity index (χ4v) is 3.10. The van der Waals surface area contributed by atoms with Gasteiger partial charge in [-0.15, -0.1) is 0 Å². The van der Waals surface area contributed by atoms with E-state index in [4.69, 9.17) is 4.74 Å². The Kier molecular flexibility index (Phi) is 8.25. The molecule has 3 nitrogen and oxygen atoms in total. The zero-order chi connectivity index (χ0) is 19.9. The number of rotatable bonds is 8. The minimum absolute atomic E-state index is 0.0132. The molecular formula is C21H32F2N2O. The third-order valence-corrected chi connectivity index (χ3v) is 4.47. The number of nitrogens with zero attached hydrogens (tertiary/aromatic N) is 2. The summed E-state index contributed by atoms with van der Waals surface area (Å²) in [6, 6.07) is 4.39. The maximum atomic E-state index is 13.8. The maximum absolute atomic E-state index is 13.8. The normalized spacial score (nSPS) is 13.3. The summed E-state index contributed by atoms with van der Waals surface area (Å²) >= 11 is 0. The van der Waals surface area contributed by atoms with Crippen LogP contribution in [0, 0.1) is 11.6 Å². The van der Waals surface area contributed by atoms with Crippen molar-refractivity contribution in [2.24, 2.45) is 4.99 Å². The Balaban J connectivity index is 3.04. The van der Waals surface area contributed by atoms with Gasteiger partial charge in [0, 0.05) is 35.5 Å². The third kappa shape index (κ3) is 5.82. The monoisotopic (exact) mass is 366 g/mol. The molecule has 0 aliphatic heterocycles. The number of halogens is 2. The van der Waals surface area contributed by atoms with Gasteiger partial charge >= 0.3 is 0 Å². The van der Waals surface area contributed by atoms with Crippen LogP contribution in [0.4, 0.5) is 8.78 Å². The molecule has 1 aromatic rings. The number of aliphatic imine (C=N–C) groups is 1. The van der Waals surface area contributed by atoms with Crippen molar-refractivity contribution in [2.45, 2.75) is 73.1 Å². The molecule has 0 radical (unpaired) electrons. The van der Waals surface area contributed by atoms with Gasteiger partial charge in [-0.3, -0.25) is 4.99 Å². The molecule has 146 valence electrons. The van der Waals surface area contributed by atoms with E-state index < -0.39 is 11.6 Å². The molecule has 0 bridgehead atoms. The first-order valence-electron chi connectivity index (χ1n) is 9.21. The molecule has 26 heavy (non-hydrogen) atoms. The van der Waals surface area contributed by atoms with Crippen LogP contribution in [-0.2, 0) is 11.3 Å². The Bertz CT molecular complexity index is 651. The fourth-order valence-electron chi connectivity index (χ4n) is 3.10. The summed E-state index contributed by atoms with van der Waals surface area (Å²) in [5.74, 6) is -1.33. The molecular weight excluding hydrogens is 334 g/mol. The molecule has 0 fully saturated rings. The molecule has 0 atom stereocenters. The second-order valence-electron chi connectivity index (χ2n) is 7.23. The molecule has 5 heteroatoms. The Morgan fingerprint density at radius 1 is 1.27 bits per heavy atom. The highest BCUT2D eigenvalue weighted by atomic mass is 19.2. The molecule has 0 aliphatic rings. The van der Waals surface area contributed by atoms with Gasteiger partial charge in [0.25, 0.3) is 0 Å². The maximum Gasteiger partial charge on any atom is 0.210 e. The highest BCUT2D eigenvalue weighted by molar-refractivity contribution is 5.88. The van der Waals surface area contributed by atoms with Crippen molar-refractivity contribution < 1.29 is 13.5 Å². The van der Waals surface area contributed by atoms with Crippen LogP contribution in [0.1, 0.15) is 60.5 Å². The number of hydrogen-bond acceptors (Lipinski definition) is 3. The van der Waals surface area contributed by atoms with Gasteiger partial charge in [-0.2, -0.15) is 0 Å². The second-order valence-corrected chi connectivity index (χ2v) is 7.23. The van der Waals surface area contributed by atoms with Gasteiger partial charge in [-0.05, 0) is 54.0 Å². The van der Waals surface area contributed by atoms with Gasteiger partial charge in [0.1, 0.15) is 6.61 Å². The molecule has 0 amide bonds. The summed E-state index contributed by atoms with van der Waals surface area (Å²) in [6.45, 7) is 15.3. The van der Waals surface area contributed by atoms with Gasteiger partial charge in [0.2, 0.25) is 5.90 Å². The van der Waals surface area contributed by atoms with E-state index in [1.165, 1.54) is 12.1 Å². The van der Waals surface area contributed by atoms with Gasteiger partial charge in [0.05, 0.1) is 0 Å². The zero-order valence-electron chi connectivity index (χ0n) is 17.1. The first-order chi connectivity index (χ1) is 12.1. The Morgan fingerprint density at radius 2 is 1.92 bits per heavy atom. The molecule has 0 aliphatic carbocycles. The summed E-state index contributed by atoms with van der Waals surface area (Å²) in [4.78, 5) is 6.68. The quantitative estimate of drug-likeness (QED) is 0.435. The topological polar surface area (TPSA) is 24.8 Å². The van der Waals surface area contributed by atoms with Gasteiger partial charge in [0.15, 0.2) is 11.6 Å². The van der Waals surface area contributed by atoms with Crippen LogP contribution in [0.15, 0.2) is 35.0 Å². The molecule has 0 heterocycles. The summed E-state index contributed by atoms with van der Waals surface area (Å²) < 4.78 is 32.9. The molecule has 0 N–H and O–H groups in total. The highest BCUT2D eigenvalue weighted by Gasteiger charge is 2.27. The average molecular weight is 366 g/mol. The van der Waals surface area contributed by atoms with Crippen LogP contribution >= 0.6 is 0 Å². The van der Waals surface area contributed by atoms with E-state index in [0.717, 1.165) is 18.2 Å². The molecule has 0 saturated heterocycles. The molecule has 0 unspecified atom stereocenters. The van der Waals surface area contributed by atoms with Crippen LogP contribution < -0.4 is 0 Å². The van der Waals surface area contributed by atoms with Gasteiger partial charge in [-0.25, -0.2) is 8.78 Å². The molecule has 1 rings (SSSR count). The molecule has 0 aromatic heterocycles. The zero-order valence-corrected chi connectivity index (χ0v) is 17.1. The van der Waals surface area contributed by atoms with Crippen LogP contribution in [0.25, 0.3) is 0 Å². The van der Waals surface area contributed by atoms with E-state index in [9.17, 15) is 8.78 Å². The first kappa shape index (κ1) is 22.1. The predicted octanol–water partition coefficient (Wildman–Crippen LogP) is 5.70. The van der Waals surface area contributed by atoms with Crippen molar-refractivity contribution in [3.05, 3.63) is 47.2 Å². The number of hydrogen-bond donors (Lipinski definition) is 0. The van der Waals surface area contributed by atoms with Crippen molar-refractivity contribution in [3.63, 3.8) is 0 Å². The lowest BCUT2D eigenvalue weighted by atomic mass is 9.96. The minimum atomic E-state index is -0.875. The van der Waals surface area contributed by atoms with E-state index in [2.05, 4.69) is 44.5 Å². The number of ether oxygens (including phenoxy) is 1. The van der Waals surface area contributed by atoms with Gasteiger partial charge in [-0.1, -0.05) is 19.1 Å². The highest BCUT2D eigenvalue weighted by Crippen LogP contribution is 2.26. The predicted molar refractivity (Wildman–Crippen MR) is 104 cm³/mol. The van der Waals surface area contributed by atoms with Crippen molar-refractivity contribution in [1.82, 2.24) is 4.90 Å². The smallest absolute Gasteiger partial charge is 0.210 e. The first-order valence-corrected chi connectivity index (χ1v) is 9.21. The summed E-state index contributed by atoms with van der Waals surface area (Å²) in [5, 5.41) is 0. The van der Waals surface area contributed by atoms with E-state index >= 15 is 0 Å². The van der Waals surface area contributed by atoms with Crippen molar-refractivity contribution in [3.8, 4) is 0 Å². The largest absolute Gasteiger partial charge is 0.473 e. The molecule has 0 spiro atoms. The van der Waals surface area contributed by atoms with E-state index in [-0.39, 0.29) is 17.7 Å². The van der Waals surface area contributed by atoms with Crippen LogP contribution in [0.5, 0.6) is 0 Å². The Labute approximate surface area is 156 Å². The van der Waals surface area contributed by atoms with Crippen LogP contribution in [0.3, 0.4) is 0 Å². The SMILES string of the molecule is CC/N=C(\C=C(/C)N(C(C)C)C(C)(C)CC)OCc1cccc(F)c1F.